The fraction of sp³-hybridized carbons (Fsp3) is 0.188. The smallest absolute Gasteiger partial charge is 0.430 e. The van der Waals surface area contributed by atoms with Crippen molar-refractivity contribution in [3.05, 3.63) is 59.1 Å². The standard InChI is InChI=1S/C16H13ClF3NO3/c1-24-13-8-2-10(3-9-13)15(23,16(18,19)20)14(22)21-12-6-4-11(17)5-7-12/h2-9,23H,1H3,(H,21,22). The molecule has 0 aliphatic carbocycles. The molecular formula is C16H13ClF3NO3. The van der Waals surface area contributed by atoms with Crippen LogP contribution in [0.25, 0.3) is 0 Å². The zero-order valence-corrected chi connectivity index (χ0v) is 13.2. The lowest BCUT2D eigenvalue weighted by atomic mass is 9.91. The van der Waals surface area contributed by atoms with Gasteiger partial charge < -0.3 is 15.2 Å². The van der Waals surface area contributed by atoms with Crippen molar-refractivity contribution in [3.63, 3.8) is 0 Å². The number of methoxy groups -OCH3 is 1. The molecule has 4 nitrogen and oxygen atoms in total. The van der Waals surface area contributed by atoms with Crippen LogP contribution in [0.1, 0.15) is 5.56 Å². The van der Waals surface area contributed by atoms with E-state index in [4.69, 9.17) is 16.3 Å². The van der Waals surface area contributed by atoms with E-state index in [1.165, 1.54) is 43.5 Å². The molecule has 0 radical (unpaired) electrons. The predicted octanol–water partition coefficient (Wildman–Crippen LogP) is 3.74. The number of halogens is 4. The van der Waals surface area contributed by atoms with E-state index in [1.807, 2.05) is 5.32 Å². The quantitative estimate of drug-likeness (QED) is 0.874. The third-order valence-corrected chi connectivity index (χ3v) is 3.60. The summed E-state index contributed by atoms with van der Waals surface area (Å²) in [6.45, 7) is 0. The van der Waals surface area contributed by atoms with Crippen LogP contribution >= 0.6 is 11.6 Å². The van der Waals surface area contributed by atoms with Gasteiger partial charge in [0.2, 0.25) is 0 Å². The normalized spacial score (nSPS) is 13.9. The second-order valence-electron chi connectivity index (χ2n) is 4.90. The van der Waals surface area contributed by atoms with Gasteiger partial charge in [0.15, 0.2) is 0 Å². The number of carbonyl (C=O) groups excluding carboxylic acids is 1. The fourth-order valence-corrected chi connectivity index (χ4v) is 2.14. The van der Waals surface area contributed by atoms with Crippen LogP contribution in [-0.4, -0.2) is 24.3 Å². The van der Waals surface area contributed by atoms with Crippen LogP contribution in [0.2, 0.25) is 5.02 Å². The van der Waals surface area contributed by atoms with Gasteiger partial charge in [0.25, 0.3) is 11.5 Å². The first-order valence-corrected chi connectivity index (χ1v) is 7.07. The molecule has 0 bridgehead atoms. The highest BCUT2D eigenvalue weighted by atomic mass is 35.5. The number of ether oxygens (including phenoxy) is 1. The van der Waals surface area contributed by atoms with Crippen molar-refractivity contribution >= 4 is 23.2 Å². The molecule has 2 aromatic rings. The maximum Gasteiger partial charge on any atom is 0.430 e. The van der Waals surface area contributed by atoms with E-state index in [-0.39, 0.29) is 5.69 Å². The number of aliphatic hydroxyl groups is 1. The molecule has 2 aromatic carbocycles. The summed E-state index contributed by atoms with van der Waals surface area (Å²) in [5.41, 5.74) is -4.26. The molecule has 0 aliphatic heterocycles. The molecule has 0 saturated carbocycles. The molecule has 1 amide bonds. The first-order valence-electron chi connectivity index (χ1n) is 6.69. The van der Waals surface area contributed by atoms with Crippen molar-refractivity contribution in [1.29, 1.82) is 0 Å². The predicted molar refractivity (Wildman–Crippen MR) is 83.0 cm³/mol. The van der Waals surface area contributed by atoms with Gasteiger partial charge >= 0.3 is 6.18 Å². The highest BCUT2D eigenvalue weighted by molar-refractivity contribution is 6.30. The summed E-state index contributed by atoms with van der Waals surface area (Å²) in [4.78, 5) is 12.2. The number of hydrogen-bond donors (Lipinski definition) is 2. The number of anilines is 1. The van der Waals surface area contributed by atoms with Crippen molar-refractivity contribution in [2.75, 3.05) is 12.4 Å². The summed E-state index contributed by atoms with van der Waals surface area (Å²) in [5, 5.41) is 12.6. The molecule has 1 atom stereocenters. The van der Waals surface area contributed by atoms with Crippen molar-refractivity contribution in [2.24, 2.45) is 0 Å². The Labute approximate surface area is 140 Å². The van der Waals surface area contributed by atoms with Crippen LogP contribution in [-0.2, 0) is 10.4 Å². The lowest BCUT2D eigenvalue weighted by Crippen LogP contribution is -2.52. The van der Waals surface area contributed by atoms with Crippen LogP contribution in [0.3, 0.4) is 0 Å². The number of carbonyl (C=O) groups is 1. The molecule has 1 unspecified atom stereocenters. The van der Waals surface area contributed by atoms with Crippen molar-refractivity contribution < 1.29 is 27.8 Å². The number of hydrogen-bond acceptors (Lipinski definition) is 3. The Morgan fingerprint density at radius 1 is 1.08 bits per heavy atom. The van der Waals surface area contributed by atoms with E-state index in [0.717, 1.165) is 12.1 Å². The minimum atomic E-state index is -5.22. The van der Waals surface area contributed by atoms with E-state index in [0.29, 0.717) is 10.8 Å². The molecule has 0 aliphatic rings. The van der Waals surface area contributed by atoms with Gasteiger partial charge in [-0.05, 0) is 36.4 Å². The Balaban J connectivity index is 2.39. The highest BCUT2D eigenvalue weighted by Gasteiger charge is 2.60. The van der Waals surface area contributed by atoms with E-state index >= 15 is 0 Å². The van der Waals surface area contributed by atoms with E-state index in [9.17, 15) is 23.1 Å². The van der Waals surface area contributed by atoms with E-state index in [1.54, 1.807) is 0 Å². The summed E-state index contributed by atoms with van der Waals surface area (Å²) in [6.07, 6.45) is -5.22. The third kappa shape index (κ3) is 3.47. The molecule has 128 valence electrons. The third-order valence-electron chi connectivity index (χ3n) is 3.35. The van der Waals surface area contributed by atoms with Gasteiger partial charge in [-0.1, -0.05) is 23.7 Å². The number of benzene rings is 2. The highest BCUT2D eigenvalue weighted by Crippen LogP contribution is 2.40. The van der Waals surface area contributed by atoms with Gasteiger partial charge in [-0.25, -0.2) is 0 Å². The first kappa shape index (κ1) is 18.1. The summed E-state index contributed by atoms with van der Waals surface area (Å²) in [7, 11) is 1.35. The van der Waals surface area contributed by atoms with Gasteiger partial charge in [-0.15, -0.1) is 0 Å². The molecular weight excluding hydrogens is 347 g/mol. The number of nitrogens with one attached hydrogen (secondary N) is 1. The fourth-order valence-electron chi connectivity index (χ4n) is 2.01. The Morgan fingerprint density at radius 2 is 1.62 bits per heavy atom. The van der Waals surface area contributed by atoms with E-state index in [2.05, 4.69) is 0 Å². The second kappa shape index (κ2) is 6.70. The van der Waals surface area contributed by atoms with Crippen LogP contribution in [0.15, 0.2) is 48.5 Å². The van der Waals surface area contributed by atoms with Crippen LogP contribution < -0.4 is 10.1 Å². The Morgan fingerprint density at radius 3 is 2.08 bits per heavy atom. The van der Waals surface area contributed by atoms with Crippen molar-refractivity contribution in [2.45, 2.75) is 11.8 Å². The Hall–Kier alpha value is -2.25. The summed E-state index contributed by atoms with van der Waals surface area (Å²) < 4.78 is 45.1. The lowest BCUT2D eigenvalue weighted by molar-refractivity contribution is -0.254. The molecule has 8 heteroatoms. The molecule has 0 aromatic heterocycles. The lowest BCUT2D eigenvalue weighted by Gasteiger charge is -2.29. The van der Waals surface area contributed by atoms with Crippen molar-refractivity contribution in [3.8, 4) is 5.75 Å². The molecule has 0 fully saturated rings. The average molecular weight is 360 g/mol. The summed E-state index contributed by atoms with van der Waals surface area (Å²) in [6, 6.07) is 9.86. The summed E-state index contributed by atoms with van der Waals surface area (Å²) >= 11 is 5.68. The maximum absolute atomic E-state index is 13.4. The molecule has 2 N–H and O–H groups in total. The maximum atomic E-state index is 13.4. The van der Waals surface area contributed by atoms with Crippen LogP contribution in [0.5, 0.6) is 5.75 Å². The summed E-state index contributed by atoms with van der Waals surface area (Å²) in [5.74, 6) is -1.33. The zero-order chi connectivity index (χ0) is 18.0. The van der Waals surface area contributed by atoms with Gasteiger partial charge in [0.1, 0.15) is 5.75 Å². The SMILES string of the molecule is COc1ccc(C(O)(C(=O)Nc2ccc(Cl)cc2)C(F)(F)F)cc1. The minimum absolute atomic E-state index is 0.0700. The molecule has 24 heavy (non-hydrogen) atoms. The topological polar surface area (TPSA) is 58.6 Å². The number of rotatable bonds is 4. The molecule has 2 rings (SSSR count). The Bertz CT molecular complexity index is 717. The number of amides is 1. The van der Waals surface area contributed by atoms with Gasteiger partial charge in [0, 0.05) is 16.3 Å². The van der Waals surface area contributed by atoms with Crippen LogP contribution in [0.4, 0.5) is 18.9 Å². The first-order chi connectivity index (χ1) is 11.2. The molecule has 0 heterocycles. The minimum Gasteiger partial charge on any atom is -0.497 e. The largest absolute Gasteiger partial charge is 0.497 e. The van der Waals surface area contributed by atoms with Gasteiger partial charge in [-0.3, -0.25) is 4.79 Å². The van der Waals surface area contributed by atoms with E-state index < -0.39 is 23.2 Å². The van der Waals surface area contributed by atoms with Gasteiger partial charge in [0.05, 0.1) is 7.11 Å². The second-order valence-corrected chi connectivity index (χ2v) is 5.33. The zero-order valence-electron chi connectivity index (χ0n) is 12.4. The molecule has 0 saturated heterocycles. The molecule has 0 spiro atoms. The Kier molecular flexibility index (Phi) is 5.05. The average Bonchev–Trinajstić information content (AvgIpc) is 2.55. The number of alkyl halides is 3. The monoisotopic (exact) mass is 359 g/mol. The van der Waals surface area contributed by atoms with Crippen molar-refractivity contribution in [1.82, 2.24) is 0 Å². The van der Waals surface area contributed by atoms with Gasteiger partial charge in [-0.2, -0.15) is 13.2 Å². The van der Waals surface area contributed by atoms with Crippen LogP contribution in [0, 0.1) is 0 Å².